The Morgan fingerprint density at radius 3 is 2.53 bits per heavy atom. The first-order valence-corrected chi connectivity index (χ1v) is 6.45. The van der Waals surface area contributed by atoms with Crippen molar-refractivity contribution in [2.24, 2.45) is 0 Å². The molecule has 0 radical (unpaired) electrons. The molecule has 1 heterocycles. The van der Waals surface area contributed by atoms with Crippen molar-refractivity contribution in [3.8, 4) is 0 Å². The van der Waals surface area contributed by atoms with Gasteiger partial charge in [-0.25, -0.2) is 0 Å². The number of hydrogen-bond donors (Lipinski definition) is 1. The summed E-state index contributed by atoms with van der Waals surface area (Å²) >= 11 is 6.61. The maximum Gasteiger partial charge on any atom is 0.246 e. The van der Waals surface area contributed by atoms with E-state index in [1.807, 2.05) is 24.3 Å². The Balaban J connectivity index is 1.95. The molecule has 0 fully saturated rings. The molecule has 0 saturated heterocycles. The van der Waals surface area contributed by atoms with Crippen LogP contribution in [0.5, 0.6) is 0 Å². The number of halogens is 2. The van der Waals surface area contributed by atoms with Crippen LogP contribution in [-0.2, 0) is 11.3 Å². The third-order valence-corrected chi connectivity index (χ3v) is 2.97. The molecule has 6 heteroatoms. The van der Waals surface area contributed by atoms with E-state index in [0.717, 1.165) is 14.6 Å². The molecule has 0 bridgehead atoms. The Morgan fingerprint density at radius 2 is 1.94 bits per heavy atom. The van der Waals surface area contributed by atoms with Crippen LogP contribution in [0.1, 0.15) is 0 Å². The summed E-state index contributed by atoms with van der Waals surface area (Å²) in [6, 6.07) is 7.42. The lowest BCUT2D eigenvalue weighted by atomic mass is 10.3. The molecule has 0 aliphatic carbocycles. The number of rotatable bonds is 3. The van der Waals surface area contributed by atoms with Crippen LogP contribution in [0.25, 0.3) is 0 Å². The summed E-state index contributed by atoms with van der Waals surface area (Å²) in [6.07, 6.45) is 3.40. The van der Waals surface area contributed by atoms with Gasteiger partial charge in [0, 0.05) is 16.4 Å². The molecule has 0 saturated carbocycles. The average Bonchev–Trinajstić information content (AvgIpc) is 2.67. The Kier molecular flexibility index (Phi) is 3.96. The van der Waals surface area contributed by atoms with E-state index in [9.17, 15) is 4.79 Å². The standard InChI is InChI=1S/C11H9Br2N3O/c12-8-1-3-10(4-2-8)15-11(17)7-16-6-9(13)5-14-16/h1-6H,7H2,(H,15,17). The van der Waals surface area contributed by atoms with Gasteiger partial charge < -0.3 is 5.32 Å². The fraction of sp³-hybridized carbons (Fsp3) is 0.0909. The van der Waals surface area contributed by atoms with Crippen molar-refractivity contribution in [1.29, 1.82) is 0 Å². The molecule has 0 aliphatic heterocycles. The van der Waals surface area contributed by atoms with Crippen molar-refractivity contribution < 1.29 is 4.79 Å². The number of nitrogens with zero attached hydrogens (tertiary/aromatic N) is 2. The number of carbonyl (C=O) groups excluding carboxylic acids is 1. The predicted octanol–water partition coefficient (Wildman–Crippen LogP) is 3.05. The van der Waals surface area contributed by atoms with E-state index >= 15 is 0 Å². The second-order valence-corrected chi connectivity index (χ2v) is 5.24. The van der Waals surface area contributed by atoms with Crippen molar-refractivity contribution in [3.63, 3.8) is 0 Å². The molecule has 2 aromatic rings. The minimum atomic E-state index is -0.108. The number of nitrogens with one attached hydrogen (secondary N) is 1. The van der Waals surface area contributed by atoms with Crippen molar-refractivity contribution in [1.82, 2.24) is 9.78 Å². The van der Waals surface area contributed by atoms with Crippen LogP contribution >= 0.6 is 31.9 Å². The molecule has 0 spiro atoms. The van der Waals surface area contributed by atoms with Gasteiger partial charge in [0.05, 0.1) is 10.7 Å². The molecule has 17 heavy (non-hydrogen) atoms. The van der Waals surface area contributed by atoms with Crippen LogP contribution in [0.3, 0.4) is 0 Å². The minimum absolute atomic E-state index is 0.108. The van der Waals surface area contributed by atoms with E-state index in [4.69, 9.17) is 0 Å². The van der Waals surface area contributed by atoms with E-state index in [1.54, 1.807) is 17.1 Å². The summed E-state index contributed by atoms with van der Waals surface area (Å²) in [5.41, 5.74) is 0.768. The summed E-state index contributed by atoms with van der Waals surface area (Å²) < 4.78 is 3.40. The number of amides is 1. The smallest absolute Gasteiger partial charge is 0.246 e. The van der Waals surface area contributed by atoms with Gasteiger partial charge in [-0.15, -0.1) is 0 Å². The second-order valence-electron chi connectivity index (χ2n) is 3.41. The molecule has 1 amide bonds. The maximum absolute atomic E-state index is 11.7. The van der Waals surface area contributed by atoms with Gasteiger partial charge in [0.25, 0.3) is 0 Å². The Labute approximate surface area is 115 Å². The fourth-order valence-corrected chi connectivity index (χ4v) is 1.90. The minimum Gasteiger partial charge on any atom is -0.324 e. The van der Waals surface area contributed by atoms with Crippen LogP contribution in [0.15, 0.2) is 45.6 Å². The van der Waals surface area contributed by atoms with Gasteiger partial charge in [0.2, 0.25) is 5.91 Å². The fourth-order valence-electron chi connectivity index (χ4n) is 1.31. The first kappa shape index (κ1) is 12.3. The number of hydrogen-bond acceptors (Lipinski definition) is 2. The van der Waals surface area contributed by atoms with E-state index in [-0.39, 0.29) is 12.5 Å². The highest BCUT2D eigenvalue weighted by molar-refractivity contribution is 9.10. The highest BCUT2D eigenvalue weighted by Gasteiger charge is 2.04. The topological polar surface area (TPSA) is 46.9 Å². The zero-order valence-corrected chi connectivity index (χ0v) is 11.9. The van der Waals surface area contributed by atoms with Gasteiger partial charge in [-0.05, 0) is 40.2 Å². The quantitative estimate of drug-likeness (QED) is 0.916. The number of carbonyl (C=O) groups is 1. The van der Waals surface area contributed by atoms with E-state index in [1.165, 1.54) is 0 Å². The lowest BCUT2D eigenvalue weighted by molar-refractivity contribution is -0.116. The summed E-state index contributed by atoms with van der Waals surface area (Å²) in [7, 11) is 0. The molecule has 1 aromatic heterocycles. The zero-order valence-electron chi connectivity index (χ0n) is 8.73. The van der Waals surface area contributed by atoms with Crippen LogP contribution in [0.2, 0.25) is 0 Å². The molecule has 0 atom stereocenters. The van der Waals surface area contributed by atoms with Gasteiger partial charge in [0.1, 0.15) is 6.54 Å². The Morgan fingerprint density at radius 1 is 1.24 bits per heavy atom. The number of aromatic nitrogens is 2. The molecule has 1 aromatic carbocycles. The highest BCUT2D eigenvalue weighted by atomic mass is 79.9. The van der Waals surface area contributed by atoms with E-state index < -0.39 is 0 Å². The van der Waals surface area contributed by atoms with Crippen LogP contribution in [-0.4, -0.2) is 15.7 Å². The monoisotopic (exact) mass is 357 g/mol. The molecule has 88 valence electrons. The van der Waals surface area contributed by atoms with Crippen LogP contribution < -0.4 is 5.32 Å². The summed E-state index contributed by atoms with van der Waals surface area (Å²) in [5.74, 6) is -0.108. The molecule has 4 nitrogen and oxygen atoms in total. The largest absolute Gasteiger partial charge is 0.324 e. The second kappa shape index (κ2) is 5.46. The van der Waals surface area contributed by atoms with Gasteiger partial charge in [-0.2, -0.15) is 5.10 Å². The van der Waals surface area contributed by atoms with Crippen LogP contribution in [0, 0.1) is 0 Å². The van der Waals surface area contributed by atoms with Crippen molar-refractivity contribution in [2.75, 3.05) is 5.32 Å². The van der Waals surface area contributed by atoms with Crippen molar-refractivity contribution in [3.05, 3.63) is 45.6 Å². The van der Waals surface area contributed by atoms with Gasteiger partial charge in [-0.3, -0.25) is 9.48 Å². The molecule has 1 N–H and O–H groups in total. The third-order valence-electron chi connectivity index (χ3n) is 2.04. The van der Waals surface area contributed by atoms with E-state index in [2.05, 4.69) is 42.3 Å². The maximum atomic E-state index is 11.7. The van der Waals surface area contributed by atoms with Gasteiger partial charge in [0.15, 0.2) is 0 Å². The Hall–Kier alpha value is -1.14. The summed E-state index contributed by atoms with van der Waals surface area (Å²) in [4.78, 5) is 11.7. The summed E-state index contributed by atoms with van der Waals surface area (Å²) in [6.45, 7) is 0.196. The molecule has 0 aliphatic rings. The molecule has 0 unspecified atom stereocenters. The molecular weight excluding hydrogens is 350 g/mol. The normalized spacial score (nSPS) is 10.2. The number of benzene rings is 1. The molecule has 2 rings (SSSR count). The predicted molar refractivity (Wildman–Crippen MR) is 72.7 cm³/mol. The lowest BCUT2D eigenvalue weighted by Crippen LogP contribution is -2.18. The van der Waals surface area contributed by atoms with Crippen LogP contribution in [0.4, 0.5) is 5.69 Å². The Bertz CT molecular complexity index is 522. The van der Waals surface area contributed by atoms with Crippen molar-refractivity contribution in [2.45, 2.75) is 6.54 Å². The highest BCUT2D eigenvalue weighted by Crippen LogP contribution is 2.14. The van der Waals surface area contributed by atoms with Gasteiger partial charge in [-0.1, -0.05) is 15.9 Å². The summed E-state index contributed by atoms with van der Waals surface area (Å²) in [5, 5.41) is 6.80. The van der Waals surface area contributed by atoms with Gasteiger partial charge >= 0.3 is 0 Å². The number of anilines is 1. The first-order chi connectivity index (χ1) is 8.13. The first-order valence-electron chi connectivity index (χ1n) is 4.87. The molecular formula is C11H9Br2N3O. The SMILES string of the molecule is O=C(Cn1cc(Br)cn1)Nc1ccc(Br)cc1. The average molecular weight is 359 g/mol. The third kappa shape index (κ3) is 3.67. The zero-order chi connectivity index (χ0) is 12.3. The lowest BCUT2D eigenvalue weighted by Gasteiger charge is -2.05. The van der Waals surface area contributed by atoms with Crippen molar-refractivity contribution >= 4 is 43.5 Å². The van der Waals surface area contributed by atoms with E-state index in [0.29, 0.717) is 0 Å².